The first-order valence-corrected chi connectivity index (χ1v) is 19.0. The van der Waals surface area contributed by atoms with Crippen molar-refractivity contribution >= 4 is 49.6 Å². The summed E-state index contributed by atoms with van der Waals surface area (Å²) in [4.78, 5) is 2.46. The van der Waals surface area contributed by atoms with Crippen molar-refractivity contribution in [1.29, 1.82) is 0 Å². The van der Waals surface area contributed by atoms with Gasteiger partial charge in [0, 0.05) is 33.2 Å². The third-order valence-corrected chi connectivity index (χ3v) is 11.6. The molecule has 0 N–H and O–H groups in total. The third-order valence-electron chi connectivity index (χ3n) is 11.6. The van der Waals surface area contributed by atoms with Gasteiger partial charge in [-0.15, -0.1) is 0 Å². The highest BCUT2D eigenvalue weighted by Crippen LogP contribution is 2.57. The molecular formula is C53H36N2. The van der Waals surface area contributed by atoms with Crippen molar-refractivity contribution in [1.82, 2.24) is 4.57 Å². The highest BCUT2D eigenvalue weighted by Gasteiger charge is 2.46. The Bertz CT molecular complexity index is 2990. The maximum Gasteiger partial charge on any atom is 0.0713 e. The van der Waals surface area contributed by atoms with Gasteiger partial charge < -0.3 is 9.47 Å². The quantitative estimate of drug-likeness (QED) is 0.168. The van der Waals surface area contributed by atoms with Crippen molar-refractivity contribution in [3.8, 4) is 16.8 Å². The Hall–Kier alpha value is -7.16. The van der Waals surface area contributed by atoms with E-state index in [1.165, 1.54) is 66.0 Å². The summed E-state index contributed by atoms with van der Waals surface area (Å²) in [5, 5.41) is 4.90. The van der Waals surface area contributed by atoms with Crippen LogP contribution in [0.3, 0.4) is 0 Å². The van der Waals surface area contributed by atoms with Gasteiger partial charge in [-0.25, -0.2) is 0 Å². The smallest absolute Gasteiger partial charge is 0.0713 e. The molecule has 0 aliphatic heterocycles. The van der Waals surface area contributed by atoms with Gasteiger partial charge in [-0.05, 0) is 87.3 Å². The van der Waals surface area contributed by atoms with Gasteiger partial charge in [0.05, 0.1) is 22.1 Å². The summed E-state index contributed by atoms with van der Waals surface area (Å²) in [5.41, 5.74) is 14.1. The van der Waals surface area contributed by atoms with E-state index in [4.69, 9.17) is 0 Å². The first kappa shape index (κ1) is 31.4. The average molecular weight is 701 g/mol. The molecule has 2 heteroatoms. The second kappa shape index (κ2) is 12.5. The Labute approximate surface area is 320 Å². The van der Waals surface area contributed by atoms with Crippen molar-refractivity contribution in [2.75, 3.05) is 4.90 Å². The van der Waals surface area contributed by atoms with Gasteiger partial charge >= 0.3 is 0 Å². The van der Waals surface area contributed by atoms with Gasteiger partial charge in [-0.3, -0.25) is 0 Å². The van der Waals surface area contributed by atoms with Gasteiger partial charge in [0.1, 0.15) is 0 Å². The van der Waals surface area contributed by atoms with E-state index in [2.05, 4.69) is 228 Å². The van der Waals surface area contributed by atoms with Crippen LogP contribution in [0.4, 0.5) is 17.1 Å². The van der Waals surface area contributed by atoms with E-state index in [-0.39, 0.29) is 0 Å². The van der Waals surface area contributed by atoms with E-state index in [1.54, 1.807) is 0 Å². The number of anilines is 3. The minimum Gasteiger partial charge on any atom is -0.310 e. The molecule has 10 aromatic rings. The van der Waals surface area contributed by atoms with Crippen molar-refractivity contribution in [2.24, 2.45) is 0 Å². The Morgan fingerprint density at radius 2 is 0.927 bits per heavy atom. The summed E-state index contributed by atoms with van der Waals surface area (Å²) in [7, 11) is 0. The minimum atomic E-state index is -0.452. The summed E-state index contributed by atoms with van der Waals surface area (Å²) < 4.78 is 2.41. The fraction of sp³-hybridized carbons (Fsp3) is 0.0189. The van der Waals surface area contributed by atoms with Crippen molar-refractivity contribution in [3.63, 3.8) is 0 Å². The molecule has 0 bridgehead atoms. The molecule has 0 atom stereocenters. The molecule has 55 heavy (non-hydrogen) atoms. The van der Waals surface area contributed by atoms with Crippen LogP contribution in [0.15, 0.2) is 218 Å². The number of para-hydroxylation sites is 2. The van der Waals surface area contributed by atoms with Crippen molar-refractivity contribution in [2.45, 2.75) is 5.41 Å². The molecule has 0 saturated carbocycles. The molecule has 0 amide bonds. The minimum absolute atomic E-state index is 0.452. The van der Waals surface area contributed by atoms with Gasteiger partial charge in [0.25, 0.3) is 0 Å². The molecule has 2 nitrogen and oxygen atoms in total. The lowest BCUT2D eigenvalue weighted by atomic mass is 9.68. The van der Waals surface area contributed by atoms with Crippen LogP contribution in [0.1, 0.15) is 22.3 Å². The van der Waals surface area contributed by atoms with Crippen LogP contribution in [0.5, 0.6) is 0 Å². The second-order valence-corrected chi connectivity index (χ2v) is 14.5. The maximum atomic E-state index is 2.46. The predicted molar refractivity (Wildman–Crippen MR) is 230 cm³/mol. The van der Waals surface area contributed by atoms with Crippen LogP contribution in [-0.4, -0.2) is 4.57 Å². The normalized spacial score (nSPS) is 12.9. The Morgan fingerprint density at radius 1 is 0.364 bits per heavy atom. The number of aromatic nitrogens is 1. The summed E-state index contributed by atoms with van der Waals surface area (Å²) in [6.45, 7) is 0. The Kier molecular flexibility index (Phi) is 7.11. The van der Waals surface area contributed by atoms with Crippen LogP contribution < -0.4 is 4.90 Å². The molecule has 11 rings (SSSR count). The van der Waals surface area contributed by atoms with E-state index < -0.39 is 5.41 Å². The van der Waals surface area contributed by atoms with Gasteiger partial charge in [0.2, 0.25) is 0 Å². The highest BCUT2D eigenvalue weighted by atomic mass is 15.1. The predicted octanol–water partition coefficient (Wildman–Crippen LogP) is 13.8. The molecule has 0 fully saturated rings. The molecule has 258 valence electrons. The number of rotatable bonds is 6. The Morgan fingerprint density at radius 3 is 1.71 bits per heavy atom. The largest absolute Gasteiger partial charge is 0.310 e. The molecule has 1 aliphatic carbocycles. The lowest BCUT2D eigenvalue weighted by molar-refractivity contribution is 0.768. The van der Waals surface area contributed by atoms with E-state index in [0.717, 1.165) is 22.7 Å². The van der Waals surface area contributed by atoms with Crippen LogP contribution in [0.25, 0.3) is 49.4 Å². The lowest BCUT2D eigenvalue weighted by Gasteiger charge is -2.34. The number of benzene rings is 9. The Balaban J connectivity index is 1.20. The van der Waals surface area contributed by atoms with Crippen molar-refractivity contribution in [3.05, 3.63) is 241 Å². The lowest BCUT2D eigenvalue weighted by Crippen LogP contribution is -2.28. The maximum absolute atomic E-state index is 2.46. The number of fused-ring (bicyclic) bond motifs is 7. The average Bonchev–Trinajstić information content (AvgIpc) is 3.75. The molecule has 1 aromatic heterocycles. The topological polar surface area (TPSA) is 8.17 Å². The monoisotopic (exact) mass is 700 g/mol. The zero-order valence-corrected chi connectivity index (χ0v) is 30.2. The highest BCUT2D eigenvalue weighted by molar-refractivity contribution is 6.11. The van der Waals surface area contributed by atoms with Crippen molar-refractivity contribution < 1.29 is 0 Å². The van der Waals surface area contributed by atoms with Gasteiger partial charge in [-0.2, -0.15) is 0 Å². The van der Waals surface area contributed by atoms with Crippen LogP contribution in [-0.2, 0) is 5.41 Å². The molecule has 0 radical (unpaired) electrons. The molecular weight excluding hydrogens is 665 g/mol. The van der Waals surface area contributed by atoms with E-state index >= 15 is 0 Å². The number of nitrogens with zero attached hydrogens (tertiary/aromatic N) is 2. The zero-order chi connectivity index (χ0) is 36.3. The van der Waals surface area contributed by atoms with E-state index in [9.17, 15) is 0 Å². The fourth-order valence-corrected chi connectivity index (χ4v) is 9.36. The fourth-order valence-electron chi connectivity index (χ4n) is 9.36. The first-order valence-electron chi connectivity index (χ1n) is 19.0. The number of hydrogen-bond acceptors (Lipinski definition) is 1. The summed E-state index contributed by atoms with van der Waals surface area (Å²) in [5.74, 6) is 0. The molecule has 1 aliphatic rings. The van der Waals surface area contributed by atoms with Gasteiger partial charge in [-0.1, -0.05) is 170 Å². The SMILES string of the molecule is c1ccc(-n2c3ccccc3c3ccc(N(c4ccc5c(c4)-c4ccccc4C5(c4ccccc4)c4ccccc4)c4cccc5ccccc45)cc32)cc1. The molecule has 0 spiro atoms. The van der Waals surface area contributed by atoms with E-state index in [0.29, 0.717) is 0 Å². The zero-order valence-electron chi connectivity index (χ0n) is 30.2. The summed E-state index contributed by atoms with van der Waals surface area (Å²) in [6, 6.07) is 80.1. The second-order valence-electron chi connectivity index (χ2n) is 14.5. The molecule has 1 heterocycles. The van der Waals surface area contributed by atoms with Crippen LogP contribution >= 0.6 is 0 Å². The van der Waals surface area contributed by atoms with Crippen LogP contribution in [0, 0.1) is 0 Å². The molecule has 0 unspecified atom stereocenters. The molecule has 9 aromatic carbocycles. The van der Waals surface area contributed by atoms with E-state index in [1.807, 2.05) is 0 Å². The first-order chi connectivity index (χ1) is 27.3. The van der Waals surface area contributed by atoms with Crippen LogP contribution in [0.2, 0.25) is 0 Å². The summed E-state index contributed by atoms with van der Waals surface area (Å²) >= 11 is 0. The standard InChI is InChI=1S/C53H36N2/c1-4-19-38(20-5-1)53(39-21-6-2-7-22-39)48-28-14-12-26-44(48)47-35-41(32-34-49(47)53)54(50-30-16-18-37-17-10-11-25-43(37)50)42-31-33-46-45-27-13-15-29-51(45)55(52(46)36-42)40-23-8-3-9-24-40/h1-36H. The van der Waals surface area contributed by atoms with Gasteiger partial charge in [0.15, 0.2) is 0 Å². The number of hydrogen-bond donors (Lipinski definition) is 0. The molecule has 0 saturated heterocycles. The summed E-state index contributed by atoms with van der Waals surface area (Å²) in [6.07, 6.45) is 0. The third kappa shape index (κ3) is 4.68.